The number of rotatable bonds is 6. The maximum absolute atomic E-state index is 12.8. The fourth-order valence-corrected chi connectivity index (χ4v) is 3.71. The quantitative estimate of drug-likeness (QED) is 0.442. The molecule has 4 rings (SSSR count). The number of para-hydroxylation sites is 1. The lowest BCUT2D eigenvalue weighted by Gasteiger charge is -2.18. The first-order chi connectivity index (χ1) is 14.6. The molecule has 1 aromatic heterocycles. The SMILES string of the molecule is CC(=O)Nc1cccc(C(=O)NCC(c2ccccc2)c2c[nH]c3ccccc23)c1. The van der Waals surface area contributed by atoms with Crippen LogP contribution >= 0.6 is 0 Å². The second-order valence-corrected chi connectivity index (χ2v) is 7.22. The van der Waals surface area contributed by atoms with Crippen LogP contribution in [0.5, 0.6) is 0 Å². The highest BCUT2D eigenvalue weighted by atomic mass is 16.2. The molecular formula is C25H23N3O2. The maximum Gasteiger partial charge on any atom is 0.251 e. The Hall–Kier alpha value is -3.86. The van der Waals surface area contributed by atoms with E-state index in [0.717, 1.165) is 22.0 Å². The maximum atomic E-state index is 12.8. The highest BCUT2D eigenvalue weighted by Crippen LogP contribution is 2.30. The van der Waals surface area contributed by atoms with E-state index in [0.29, 0.717) is 17.8 Å². The third-order valence-corrected chi connectivity index (χ3v) is 5.11. The normalized spacial score (nSPS) is 11.8. The van der Waals surface area contributed by atoms with Crippen LogP contribution in [0.1, 0.15) is 34.3 Å². The summed E-state index contributed by atoms with van der Waals surface area (Å²) in [5, 5.41) is 6.92. The Kier molecular flexibility index (Phi) is 5.61. The van der Waals surface area contributed by atoms with Gasteiger partial charge in [0.25, 0.3) is 5.91 Å². The van der Waals surface area contributed by atoms with Gasteiger partial charge in [0, 0.05) is 47.7 Å². The van der Waals surface area contributed by atoms with Crippen molar-refractivity contribution in [2.45, 2.75) is 12.8 Å². The van der Waals surface area contributed by atoms with Gasteiger partial charge in [0.05, 0.1) is 0 Å². The molecule has 0 radical (unpaired) electrons. The first-order valence-electron chi connectivity index (χ1n) is 9.88. The van der Waals surface area contributed by atoms with E-state index < -0.39 is 0 Å². The van der Waals surface area contributed by atoms with Crippen molar-refractivity contribution in [3.05, 3.63) is 102 Å². The molecule has 1 unspecified atom stereocenters. The monoisotopic (exact) mass is 397 g/mol. The topological polar surface area (TPSA) is 74.0 Å². The summed E-state index contributed by atoms with van der Waals surface area (Å²) in [5.74, 6) is -0.344. The number of nitrogens with one attached hydrogen (secondary N) is 3. The smallest absolute Gasteiger partial charge is 0.251 e. The number of carbonyl (C=O) groups is 2. The molecule has 1 heterocycles. The van der Waals surface area contributed by atoms with E-state index in [2.05, 4.69) is 33.8 Å². The highest BCUT2D eigenvalue weighted by molar-refractivity contribution is 5.97. The third-order valence-electron chi connectivity index (χ3n) is 5.11. The second-order valence-electron chi connectivity index (χ2n) is 7.22. The number of H-pyrrole nitrogens is 1. The van der Waals surface area contributed by atoms with Crippen molar-refractivity contribution in [1.82, 2.24) is 10.3 Å². The minimum absolute atomic E-state index is 0.00447. The number of amides is 2. The van der Waals surface area contributed by atoms with E-state index >= 15 is 0 Å². The van der Waals surface area contributed by atoms with Crippen LogP contribution in [0.2, 0.25) is 0 Å². The molecule has 5 heteroatoms. The molecule has 0 saturated carbocycles. The van der Waals surface area contributed by atoms with Gasteiger partial charge in [-0.3, -0.25) is 9.59 Å². The number of benzene rings is 3. The molecule has 0 fully saturated rings. The molecule has 150 valence electrons. The summed E-state index contributed by atoms with van der Waals surface area (Å²) >= 11 is 0. The minimum Gasteiger partial charge on any atom is -0.361 e. The second kappa shape index (κ2) is 8.66. The molecule has 0 saturated heterocycles. The lowest BCUT2D eigenvalue weighted by atomic mass is 9.91. The van der Waals surface area contributed by atoms with Gasteiger partial charge in [0.2, 0.25) is 5.91 Å². The van der Waals surface area contributed by atoms with E-state index in [-0.39, 0.29) is 17.7 Å². The molecular weight excluding hydrogens is 374 g/mol. The molecule has 5 nitrogen and oxygen atoms in total. The van der Waals surface area contributed by atoms with Crippen molar-refractivity contribution >= 4 is 28.4 Å². The van der Waals surface area contributed by atoms with Crippen molar-refractivity contribution in [2.24, 2.45) is 0 Å². The summed E-state index contributed by atoms with van der Waals surface area (Å²) in [6.07, 6.45) is 2.02. The van der Waals surface area contributed by atoms with Crippen molar-refractivity contribution < 1.29 is 9.59 Å². The van der Waals surface area contributed by atoms with Crippen LogP contribution in [0.15, 0.2) is 85.1 Å². The van der Waals surface area contributed by atoms with Gasteiger partial charge in [0.15, 0.2) is 0 Å². The predicted molar refractivity (Wildman–Crippen MR) is 120 cm³/mol. The standard InChI is InChI=1S/C25H23N3O2/c1-17(29)28-20-11-7-10-19(14-20)25(30)27-15-22(18-8-3-2-4-9-18)23-16-26-24-13-6-5-12-21(23)24/h2-14,16,22,26H,15H2,1H3,(H,27,30)(H,28,29). The Labute approximate surface area is 175 Å². The largest absolute Gasteiger partial charge is 0.361 e. The van der Waals surface area contributed by atoms with E-state index in [1.807, 2.05) is 42.6 Å². The number of carbonyl (C=O) groups excluding carboxylic acids is 2. The van der Waals surface area contributed by atoms with Gasteiger partial charge in [-0.2, -0.15) is 0 Å². The average molecular weight is 397 g/mol. The summed E-state index contributed by atoms with van der Waals surface area (Å²) in [7, 11) is 0. The first-order valence-corrected chi connectivity index (χ1v) is 9.88. The Morgan fingerprint density at radius 3 is 2.50 bits per heavy atom. The molecule has 0 bridgehead atoms. The Morgan fingerprint density at radius 2 is 1.70 bits per heavy atom. The van der Waals surface area contributed by atoms with Gasteiger partial charge in [-0.25, -0.2) is 0 Å². The van der Waals surface area contributed by atoms with E-state index in [1.165, 1.54) is 6.92 Å². The number of hydrogen-bond acceptors (Lipinski definition) is 2. The van der Waals surface area contributed by atoms with Crippen molar-refractivity contribution in [3.63, 3.8) is 0 Å². The van der Waals surface area contributed by atoms with Gasteiger partial charge in [-0.05, 0) is 35.4 Å². The van der Waals surface area contributed by atoms with E-state index in [9.17, 15) is 9.59 Å². The number of fused-ring (bicyclic) bond motifs is 1. The van der Waals surface area contributed by atoms with Crippen LogP contribution in [0.25, 0.3) is 10.9 Å². The zero-order valence-electron chi connectivity index (χ0n) is 16.7. The molecule has 2 amide bonds. The lowest BCUT2D eigenvalue weighted by molar-refractivity contribution is -0.114. The van der Waals surface area contributed by atoms with Crippen LogP contribution in [-0.2, 0) is 4.79 Å². The fourth-order valence-electron chi connectivity index (χ4n) is 3.71. The van der Waals surface area contributed by atoms with Crippen LogP contribution in [0.3, 0.4) is 0 Å². The van der Waals surface area contributed by atoms with Gasteiger partial charge in [-0.1, -0.05) is 54.6 Å². The van der Waals surface area contributed by atoms with E-state index in [1.54, 1.807) is 24.3 Å². The number of aromatic nitrogens is 1. The Bertz CT molecular complexity index is 1180. The number of hydrogen-bond donors (Lipinski definition) is 3. The molecule has 30 heavy (non-hydrogen) atoms. The van der Waals surface area contributed by atoms with Crippen molar-refractivity contribution in [1.29, 1.82) is 0 Å². The van der Waals surface area contributed by atoms with Crippen LogP contribution in [0.4, 0.5) is 5.69 Å². The highest BCUT2D eigenvalue weighted by Gasteiger charge is 2.19. The van der Waals surface area contributed by atoms with Crippen molar-refractivity contribution in [3.8, 4) is 0 Å². The number of anilines is 1. The molecule has 0 aliphatic heterocycles. The Balaban J connectivity index is 1.59. The molecule has 0 aliphatic rings. The molecule has 3 N–H and O–H groups in total. The lowest BCUT2D eigenvalue weighted by Crippen LogP contribution is -2.29. The van der Waals surface area contributed by atoms with E-state index in [4.69, 9.17) is 0 Å². The molecule has 3 aromatic carbocycles. The van der Waals surface area contributed by atoms with Gasteiger partial charge in [-0.15, -0.1) is 0 Å². The van der Waals surface area contributed by atoms with Crippen LogP contribution in [0, 0.1) is 0 Å². The predicted octanol–water partition coefficient (Wildman–Crippen LogP) is 4.69. The average Bonchev–Trinajstić information content (AvgIpc) is 3.18. The summed E-state index contributed by atoms with van der Waals surface area (Å²) in [4.78, 5) is 27.4. The van der Waals surface area contributed by atoms with Crippen LogP contribution < -0.4 is 10.6 Å². The summed E-state index contributed by atoms with van der Waals surface area (Å²) in [6.45, 7) is 1.90. The molecule has 0 spiro atoms. The number of aromatic amines is 1. The first kappa shape index (κ1) is 19.5. The molecule has 0 aliphatic carbocycles. The minimum atomic E-state index is -0.178. The van der Waals surface area contributed by atoms with Gasteiger partial charge >= 0.3 is 0 Å². The third kappa shape index (κ3) is 4.25. The summed E-state index contributed by atoms with van der Waals surface area (Å²) in [5.41, 5.74) is 4.46. The van der Waals surface area contributed by atoms with Gasteiger partial charge < -0.3 is 15.6 Å². The molecule has 4 aromatic rings. The summed E-state index contributed by atoms with van der Waals surface area (Å²) in [6, 6.07) is 25.3. The zero-order valence-corrected chi connectivity index (χ0v) is 16.7. The van der Waals surface area contributed by atoms with Gasteiger partial charge in [0.1, 0.15) is 0 Å². The van der Waals surface area contributed by atoms with Crippen molar-refractivity contribution in [2.75, 3.05) is 11.9 Å². The summed E-state index contributed by atoms with van der Waals surface area (Å²) < 4.78 is 0. The Morgan fingerprint density at radius 1 is 0.933 bits per heavy atom. The van der Waals surface area contributed by atoms with Crippen LogP contribution in [-0.4, -0.2) is 23.3 Å². The fraction of sp³-hybridized carbons (Fsp3) is 0.120. The molecule has 1 atom stereocenters. The zero-order chi connectivity index (χ0) is 20.9.